The van der Waals surface area contributed by atoms with Crippen LogP contribution in [0, 0.1) is 0 Å². The Morgan fingerprint density at radius 3 is 2.83 bits per heavy atom. The van der Waals surface area contributed by atoms with Crippen molar-refractivity contribution in [3.8, 4) is 0 Å². The van der Waals surface area contributed by atoms with Crippen molar-refractivity contribution in [1.29, 1.82) is 0 Å². The summed E-state index contributed by atoms with van der Waals surface area (Å²) in [5, 5.41) is 4.22. The van der Waals surface area contributed by atoms with Crippen LogP contribution < -0.4 is 10.2 Å². The van der Waals surface area contributed by atoms with Gasteiger partial charge in [0.25, 0.3) is 5.91 Å². The molecule has 2 aliphatic heterocycles. The number of hydrogen-bond donors (Lipinski definition) is 1. The molecule has 1 fully saturated rings. The maximum absolute atomic E-state index is 11.8. The van der Waals surface area contributed by atoms with Gasteiger partial charge in [0.05, 0.1) is 10.7 Å². The van der Waals surface area contributed by atoms with Crippen molar-refractivity contribution >= 4 is 63.3 Å². The molecule has 0 saturated carbocycles. The van der Waals surface area contributed by atoms with Crippen LogP contribution >= 0.6 is 47.3 Å². The maximum atomic E-state index is 11.8. The molecule has 3 rings (SSSR count). The number of benzene rings is 1. The van der Waals surface area contributed by atoms with Crippen LogP contribution in [0.15, 0.2) is 33.0 Å². The summed E-state index contributed by atoms with van der Waals surface area (Å²) in [6.07, 6.45) is 0. The number of thioether (sulfide) groups is 2. The molecule has 0 radical (unpaired) electrons. The van der Waals surface area contributed by atoms with Crippen LogP contribution in [-0.2, 0) is 4.79 Å². The minimum atomic E-state index is -0.127. The second-order valence-corrected chi connectivity index (χ2v) is 6.91. The van der Waals surface area contributed by atoms with Gasteiger partial charge in [0, 0.05) is 17.0 Å². The molecule has 2 heterocycles. The molecule has 0 aliphatic carbocycles. The van der Waals surface area contributed by atoms with E-state index in [-0.39, 0.29) is 5.91 Å². The summed E-state index contributed by atoms with van der Waals surface area (Å²) in [6.45, 7) is 0. The highest BCUT2D eigenvalue weighted by atomic mass is 35.5. The number of hydrogen-bond acceptors (Lipinski definition) is 5. The molecular formula is C11H7ClN2OS3. The zero-order valence-electron chi connectivity index (χ0n) is 9.19. The Hall–Kier alpha value is -0.690. The zero-order valence-corrected chi connectivity index (χ0v) is 12.4. The van der Waals surface area contributed by atoms with Gasteiger partial charge in [0.15, 0.2) is 0 Å². The third-order valence-electron chi connectivity index (χ3n) is 2.60. The number of nitrogens with zero attached hydrogens (tertiary/aromatic N) is 1. The molecule has 1 N–H and O–H groups in total. The highest BCUT2D eigenvalue weighted by Gasteiger charge is 2.32. The van der Waals surface area contributed by atoms with E-state index >= 15 is 0 Å². The fourth-order valence-electron chi connectivity index (χ4n) is 1.77. The Labute approximate surface area is 123 Å². The largest absolute Gasteiger partial charge is 0.337 e. The second kappa shape index (κ2) is 4.45. The lowest BCUT2D eigenvalue weighted by molar-refractivity contribution is -0.115. The van der Waals surface area contributed by atoms with Crippen LogP contribution in [0.1, 0.15) is 0 Å². The van der Waals surface area contributed by atoms with Crippen LogP contribution in [-0.4, -0.2) is 17.3 Å². The Morgan fingerprint density at radius 1 is 1.39 bits per heavy atom. The average molecular weight is 315 g/mol. The molecule has 1 aromatic rings. The molecule has 3 nitrogen and oxygen atoms in total. The van der Waals surface area contributed by atoms with E-state index in [1.807, 2.05) is 30.1 Å². The number of thiocarbonyl (C=S) groups is 1. The topological polar surface area (TPSA) is 32.3 Å². The van der Waals surface area contributed by atoms with Crippen LogP contribution in [0.2, 0.25) is 5.02 Å². The Balaban J connectivity index is 2.07. The summed E-state index contributed by atoms with van der Waals surface area (Å²) in [5.41, 5.74) is 1.02. The SMILES string of the molecule is CN1C(=C2SC(=S)NC2=O)Sc2ccc(Cl)cc21. The lowest BCUT2D eigenvalue weighted by Gasteiger charge is -2.14. The molecule has 2 aliphatic rings. The smallest absolute Gasteiger partial charge is 0.266 e. The summed E-state index contributed by atoms with van der Waals surface area (Å²) in [7, 11) is 1.92. The lowest BCUT2D eigenvalue weighted by atomic mass is 10.3. The molecule has 0 spiro atoms. The van der Waals surface area contributed by atoms with Crippen molar-refractivity contribution in [1.82, 2.24) is 5.32 Å². The van der Waals surface area contributed by atoms with Gasteiger partial charge in [0.2, 0.25) is 0 Å². The zero-order chi connectivity index (χ0) is 12.9. The maximum Gasteiger partial charge on any atom is 0.266 e. The summed E-state index contributed by atoms with van der Waals surface area (Å²) < 4.78 is 0.505. The van der Waals surface area contributed by atoms with E-state index in [4.69, 9.17) is 23.8 Å². The minimum Gasteiger partial charge on any atom is -0.337 e. The van der Waals surface area contributed by atoms with Gasteiger partial charge in [-0.2, -0.15) is 0 Å². The first-order valence-electron chi connectivity index (χ1n) is 5.05. The van der Waals surface area contributed by atoms with Gasteiger partial charge in [-0.25, -0.2) is 0 Å². The summed E-state index contributed by atoms with van der Waals surface area (Å²) >= 11 is 13.9. The molecule has 1 aromatic carbocycles. The van der Waals surface area contributed by atoms with Gasteiger partial charge in [-0.05, 0) is 18.2 Å². The van der Waals surface area contributed by atoms with Crippen molar-refractivity contribution in [2.24, 2.45) is 0 Å². The van der Waals surface area contributed by atoms with Crippen LogP contribution in [0.4, 0.5) is 5.69 Å². The summed E-state index contributed by atoms with van der Waals surface area (Å²) in [5.74, 6) is -0.127. The first-order valence-corrected chi connectivity index (χ1v) is 7.47. The first kappa shape index (κ1) is 12.3. The van der Waals surface area contributed by atoms with Gasteiger partial charge in [-0.15, -0.1) is 0 Å². The van der Waals surface area contributed by atoms with Gasteiger partial charge in [-0.3, -0.25) is 4.79 Å². The highest BCUT2D eigenvalue weighted by molar-refractivity contribution is 8.27. The predicted octanol–water partition coefficient (Wildman–Crippen LogP) is 3.20. The number of amides is 1. The molecular weight excluding hydrogens is 308 g/mol. The van der Waals surface area contributed by atoms with E-state index in [0.29, 0.717) is 14.2 Å². The van der Waals surface area contributed by atoms with Crippen molar-refractivity contribution in [2.75, 3.05) is 11.9 Å². The third-order valence-corrected chi connectivity index (χ3v) is 5.43. The fraction of sp³-hybridized carbons (Fsp3) is 0.0909. The molecule has 0 unspecified atom stereocenters. The van der Waals surface area contributed by atoms with Gasteiger partial charge in [-0.1, -0.05) is 47.3 Å². The van der Waals surface area contributed by atoms with Crippen molar-refractivity contribution in [3.05, 3.63) is 33.2 Å². The lowest BCUT2D eigenvalue weighted by Crippen LogP contribution is -2.20. The first-order chi connectivity index (χ1) is 8.56. The van der Waals surface area contributed by atoms with E-state index in [1.54, 1.807) is 11.8 Å². The number of carbonyl (C=O) groups is 1. The van der Waals surface area contributed by atoms with Crippen LogP contribution in [0.25, 0.3) is 0 Å². The molecule has 18 heavy (non-hydrogen) atoms. The van der Waals surface area contributed by atoms with Crippen LogP contribution in [0.5, 0.6) is 0 Å². The molecule has 0 bridgehead atoms. The molecule has 92 valence electrons. The predicted molar refractivity (Wildman–Crippen MR) is 81.1 cm³/mol. The normalized spacial score (nSPS) is 22.4. The highest BCUT2D eigenvalue weighted by Crippen LogP contribution is 2.49. The van der Waals surface area contributed by atoms with E-state index in [2.05, 4.69) is 5.32 Å². The van der Waals surface area contributed by atoms with Crippen molar-refractivity contribution in [2.45, 2.75) is 4.90 Å². The molecule has 1 amide bonds. The molecule has 7 heteroatoms. The number of halogens is 1. The van der Waals surface area contributed by atoms with E-state index in [9.17, 15) is 4.79 Å². The summed E-state index contributed by atoms with van der Waals surface area (Å²) in [6, 6.07) is 5.71. The minimum absolute atomic E-state index is 0.127. The number of rotatable bonds is 0. The Kier molecular flexibility index (Phi) is 3.05. The van der Waals surface area contributed by atoms with Crippen molar-refractivity contribution in [3.63, 3.8) is 0 Å². The Morgan fingerprint density at radius 2 is 2.17 bits per heavy atom. The quantitative estimate of drug-likeness (QED) is 0.587. The number of anilines is 1. The Bertz CT molecular complexity index is 614. The third kappa shape index (κ3) is 1.93. The standard InChI is InChI=1S/C11H7ClN2OS3/c1-14-6-4-5(12)2-3-7(6)17-10(14)8-9(15)13-11(16)18-8/h2-4H,1H3,(H,13,15,16). The molecule has 0 aromatic heterocycles. The second-order valence-electron chi connectivity index (χ2n) is 3.75. The fourth-order valence-corrected chi connectivity index (χ4v) is 4.30. The number of nitrogens with one attached hydrogen (secondary N) is 1. The van der Waals surface area contributed by atoms with Gasteiger partial charge >= 0.3 is 0 Å². The van der Waals surface area contributed by atoms with Crippen LogP contribution in [0.3, 0.4) is 0 Å². The summed E-state index contributed by atoms with van der Waals surface area (Å²) in [4.78, 5) is 15.5. The van der Waals surface area contributed by atoms with Gasteiger partial charge in [0.1, 0.15) is 9.23 Å². The molecule has 0 atom stereocenters. The number of carbonyl (C=O) groups excluding carboxylic acids is 1. The molecule has 1 saturated heterocycles. The van der Waals surface area contributed by atoms with Crippen molar-refractivity contribution < 1.29 is 4.79 Å². The van der Waals surface area contributed by atoms with E-state index in [0.717, 1.165) is 15.6 Å². The van der Waals surface area contributed by atoms with E-state index in [1.165, 1.54) is 11.8 Å². The monoisotopic (exact) mass is 314 g/mol. The van der Waals surface area contributed by atoms with E-state index < -0.39 is 0 Å². The average Bonchev–Trinajstić information content (AvgIpc) is 2.80. The van der Waals surface area contributed by atoms with Gasteiger partial charge < -0.3 is 10.2 Å². The number of fused-ring (bicyclic) bond motifs is 1.